The smallest absolute Gasteiger partial charge is 0.241 e. The molecule has 2 fully saturated rings. The summed E-state index contributed by atoms with van der Waals surface area (Å²) in [6.07, 6.45) is 1.94. The average molecular weight is 385 g/mol. The van der Waals surface area contributed by atoms with Crippen molar-refractivity contribution in [2.24, 2.45) is 17.1 Å². The van der Waals surface area contributed by atoms with Crippen LogP contribution >= 0.6 is 12.4 Å². The van der Waals surface area contributed by atoms with E-state index in [-0.39, 0.29) is 35.8 Å². The highest BCUT2D eigenvalue weighted by Gasteiger charge is 2.70. The number of nitrogens with one attached hydrogen (secondary N) is 1. The maximum Gasteiger partial charge on any atom is 0.241 e. The Morgan fingerprint density at radius 3 is 2.73 bits per heavy atom. The normalized spacial score (nSPS) is 28.8. The molecule has 1 aromatic rings. The highest BCUT2D eigenvalue weighted by molar-refractivity contribution is 5.89. The summed E-state index contributed by atoms with van der Waals surface area (Å²) in [7, 11) is 3.22. The first-order valence-corrected chi connectivity index (χ1v) is 8.76. The van der Waals surface area contributed by atoms with Gasteiger partial charge < -0.3 is 25.3 Å². The average Bonchev–Trinajstić information content (AvgIpc) is 2.64. The summed E-state index contributed by atoms with van der Waals surface area (Å²) in [5.41, 5.74) is 6.17. The maximum absolute atomic E-state index is 13.0. The van der Waals surface area contributed by atoms with Gasteiger partial charge in [0.2, 0.25) is 5.91 Å². The summed E-state index contributed by atoms with van der Waals surface area (Å²) < 4.78 is 16.5. The van der Waals surface area contributed by atoms with Crippen molar-refractivity contribution in [3.8, 4) is 11.5 Å². The summed E-state index contributed by atoms with van der Waals surface area (Å²) in [4.78, 5) is 13.0. The van der Waals surface area contributed by atoms with Gasteiger partial charge in [0.05, 0.1) is 20.3 Å². The molecule has 1 aliphatic carbocycles. The monoisotopic (exact) mass is 384 g/mol. The number of carbonyl (C=O) groups excluding carboxylic acids is 1. The molecule has 1 aromatic carbocycles. The van der Waals surface area contributed by atoms with Crippen LogP contribution in [0.4, 0.5) is 0 Å². The molecule has 1 aliphatic heterocycles. The summed E-state index contributed by atoms with van der Waals surface area (Å²) in [6.45, 7) is 5.13. The van der Waals surface area contributed by atoms with E-state index in [0.29, 0.717) is 12.3 Å². The van der Waals surface area contributed by atoms with Gasteiger partial charge in [-0.05, 0) is 31.0 Å². The van der Waals surface area contributed by atoms with Crippen LogP contribution in [0.5, 0.6) is 11.5 Å². The number of hydrogen-bond acceptors (Lipinski definition) is 5. The lowest BCUT2D eigenvalue weighted by molar-refractivity contribution is -0.225. The van der Waals surface area contributed by atoms with Crippen LogP contribution in [0.3, 0.4) is 0 Å². The van der Waals surface area contributed by atoms with Gasteiger partial charge in [-0.15, -0.1) is 12.4 Å². The first kappa shape index (κ1) is 20.8. The van der Waals surface area contributed by atoms with E-state index in [0.717, 1.165) is 30.8 Å². The predicted octanol–water partition coefficient (Wildman–Crippen LogP) is 2.27. The van der Waals surface area contributed by atoms with E-state index in [4.69, 9.17) is 19.9 Å². The summed E-state index contributed by atoms with van der Waals surface area (Å²) >= 11 is 0. The van der Waals surface area contributed by atoms with Crippen molar-refractivity contribution in [3.05, 3.63) is 23.8 Å². The van der Waals surface area contributed by atoms with Crippen molar-refractivity contribution in [2.75, 3.05) is 20.8 Å². The number of methoxy groups -OCH3 is 2. The van der Waals surface area contributed by atoms with Crippen LogP contribution in [-0.2, 0) is 16.1 Å². The van der Waals surface area contributed by atoms with Crippen LogP contribution < -0.4 is 20.5 Å². The minimum Gasteiger partial charge on any atom is -0.497 e. The van der Waals surface area contributed by atoms with Crippen LogP contribution in [0, 0.1) is 11.3 Å². The fraction of sp³-hybridized carbons (Fsp3) is 0.632. The molecule has 3 rings (SSSR count). The van der Waals surface area contributed by atoms with Crippen molar-refractivity contribution in [2.45, 2.75) is 44.9 Å². The minimum absolute atomic E-state index is 0. The van der Waals surface area contributed by atoms with E-state index < -0.39 is 5.54 Å². The number of amides is 1. The third-order valence-electron chi connectivity index (χ3n) is 5.99. The van der Waals surface area contributed by atoms with Gasteiger partial charge >= 0.3 is 0 Å². The number of carbonyl (C=O) groups is 1. The lowest BCUT2D eigenvalue weighted by atomic mass is 9.46. The molecule has 1 heterocycles. The summed E-state index contributed by atoms with van der Waals surface area (Å²) in [6, 6.07) is 5.52. The number of benzene rings is 1. The number of halogens is 1. The Labute approximate surface area is 161 Å². The Morgan fingerprint density at radius 1 is 1.35 bits per heavy atom. The van der Waals surface area contributed by atoms with E-state index in [1.165, 1.54) is 0 Å². The fourth-order valence-electron chi connectivity index (χ4n) is 4.38. The highest BCUT2D eigenvalue weighted by atomic mass is 35.5. The third kappa shape index (κ3) is 3.04. The number of fused-ring (bicyclic) bond motifs is 1. The molecule has 3 unspecified atom stereocenters. The van der Waals surface area contributed by atoms with Gasteiger partial charge in [-0.1, -0.05) is 13.8 Å². The van der Waals surface area contributed by atoms with Crippen LogP contribution in [0.2, 0.25) is 0 Å². The molecule has 3 N–H and O–H groups in total. The fourth-order valence-corrected chi connectivity index (χ4v) is 4.38. The number of hydrogen-bond donors (Lipinski definition) is 2. The summed E-state index contributed by atoms with van der Waals surface area (Å²) in [5.74, 6) is 1.37. The van der Waals surface area contributed by atoms with E-state index in [1.54, 1.807) is 14.2 Å². The molecule has 146 valence electrons. The van der Waals surface area contributed by atoms with Crippen molar-refractivity contribution in [1.29, 1.82) is 0 Å². The van der Waals surface area contributed by atoms with Gasteiger partial charge in [-0.2, -0.15) is 0 Å². The van der Waals surface area contributed by atoms with Gasteiger partial charge in [-0.25, -0.2) is 0 Å². The van der Waals surface area contributed by atoms with Gasteiger partial charge in [0.25, 0.3) is 0 Å². The minimum atomic E-state index is -0.913. The van der Waals surface area contributed by atoms with Crippen LogP contribution in [0.25, 0.3) is 0 Å². The predicted molar refractivity (Wildman–Crippen MR) is 102 cm³/mol. The lowest BCUT2D eigenvalue weighted by Gasteiger charge is -2.65. The standard InChI is InChI=1S/C19H28N2O4.ClH/c1-18(2)16-14(6-5-9-25-16)19(18,20)17(22)21-11-12-10-13(23-3)7-8-15(12)24-4;/h7-8,10,14,16H,5-6,9,11,20H2,1-4H3,(H,21,22);1H. The molecule has 2 aliphatic rings. The van der Waals surface area contributed by atoms with Crippen LogP contribution in [0.15, 0.2) is 18.2 Å². The van der Waals surface area contributed by atoms with Crippen LogP contribution in [0.1, 0.15) is 32.3 Å². The van der Waals surface area contributed by atoms with E-state index in [1.807, 2.05) is 32.0 Å². The van der Waals surface area contributed by atoms with E-state index in [9.17, 15) is 4.79 Å². The molecule has 7 heteroatoms. The largest absolute Gasteiger partial charge is 0.497 e. The molecular weight excluding hydrogens is 356 g/mol. The van der Waals surface area contributed by atoms with E-state index in [2.05, 4.69) is 5.32 Å². The Hall–Kier alpha value is -1.50. The topological polar surface area (TPSA) is 82.8 Å². The Bertz CT molecular complexity index is 667. The van der Waals surface area contributed by atoms with Gasteiger partial charge in [0.1, 0.15) is 17.0 Å². The van der Waals surface area contributed by atoms with Gasteiger partial charge in [0, 0.05) is 30.0 Å². The quantitative estimate of drug-likeness (QED) is 0.813. The molecule has 1 amide bonds. The van der Waals surface area contributed by atoms with Crippen LogP contribution in [-0.4, -0.2) is 38.4 Å². The van der Waals surface area contributed by atoms with Gasteiger partial charge in [0.15, 0.2) is 0 Å². The van der Waals surface area contributed by atoms with Gasteiger partial charge in [-0.3, -0.25) is 4.79 Å². The third-order valence-corrected chi connectivity index (χ3v) is 5.99. The second kappa shape index (κ2) is 7.62. The van der Waals surface area contributed by atoms with Crippen molar-refractivity contribution >= 4 is 18.3 Å². The number of nitrogens with two attached hydrogens (primary N) is 1. The molecule has 0 aromatic heterocycles. The number of ether oxygens (including phenoxy) is 3. The molecule has 6 nitrogen and oxygen atoms in total. The van der Waals surface area contributed by atoms with Crippen molar-refractivity contribution in [1.82, 2.24) is 5.32 Å². The second-order valence-electron chi connectivity index (χ2n) is 7.49. The second-order valence-corrected chi connectivity index (χ2v) is 7.49. The Morgan fingerprint density at radius 2 is 2.08 bits per heavy atom. The lowest BCUT2D eigenvalue weighted by Crippen LogP contribution is -2.82. The first-order chi connectivity index (χ1) is 11.9. The maximum atomic E-state index is 13.0. The first-order valence-electron chi connectivity index (χ1n) is 8.76. The highest BCUT2D eigenvalue weighted by Crippen LogP contribution is 2.57. The molecule has 26 heavy (non-hydrogen) atoms. The zero-order valence-electron chi connectivity index (χ0n) is 15.8. The van der Waals surface area contributed by atoms with E-state index >= 15 is 0 Å². The Kier molecular flexibility index (Phi) is 6.10. The summed E-state index contributed by atoms with van der Waals surface area (Å²) in [5, 5.41) is 3.00. The van der Waals surface area contributed by atoms with Crippen molar-refractivity contribution < 1.29 is 19.0 Å². The zero-order valence-corrected chi connectivity index (χ0v) is 16.7. The molecule has 0 bridgehead atoms. The molecular formula is C19H29ClN2O4. The molecule has 0 radical (unpaired) electrons. The Balaban J connectivity index is 0.00000243. The SMILES string of the molecule is COc1ccc(OC)c(CNC(=O)C2(N)C3CCCOC3C2(C)C)c1.Cl. The molecule has 1 saturated carbocycles. The molecule has 3 atom stereocenters. The number of rotatable bonds is 5. The van der Waals surface area contributed by atoms with Crippen molar-refractivity contribution in [3.63, 3.8) is 0 Å². The zero-order chi connectivity index (χ0) is 18.2. The molecule has 1 saturated heterocycles. The molecule has 0 spiro atoms.